The van der Waals surface area contributed by atoms with E-state index >= 15 is 0 Å². The number of amides is 1. The number of hydrogen-bond acceptors (Lipinski definition) is 4. The first kappa shape index (κ1) is 24.9. The predicted octanol–water partition coefficient (Wildman–Crippen LogP) is 4.94. The number of alkyl halides is 3. The van der Waals surface area contributed by atoms with Gasteiger partial charge in [-0.3, -0.25) is 9.52 Å². The molecule has 0 saturated heterocycles. The lowest BCUT2D eigenvalue weighted by Gasteiger charge is -2.12. The second-order valence-electron chi connectivity index (χ2n) is 6.72. The fourth-order valence-corrected chi connectivity index (χ4v) is 3.70. The van der Waals surface area contributed by atoms with E-state index in [1.807, 2.05) is 10.0 Å². The van der Waals surface area contributed by atoms with Gasteiger partial charge in [0.25, 0.3) is 15.9 Å². The van der Waals surface area contributed by atoms with Crippen molar-refractivity contribution in [2.75, 3.05) is 16.6 Å². The third-order valence-electron chi connectivity index (χ3n) is 4.26. The van der Waals surface area contributed by atoms with Crippen LogP contribution in [-0.2, 0) is 21.0 Å². The van der Waals surface area contributed by atoms with Gasteiger partial charge in [-0.25, -0.2) is 21.6 Å². The summed E-state index contributed by atoms with van der Waals surface area (Å²) in [5.74, 6) is -5.65. The predicted molar refractivity (Wildman–Crippen MR) is 109 cm³/mol. The zero-order chi connectivity index (χ0) is 25.1. The number of benzene rings is 3. The van der Waals surface area contributed by atoms with Gasteiger partial charge in [-0.2, -0.15) is 13.2 Å². The molecule has 0 aromatic heterocycles. The maximum atomic E-state index is 13.6. The standard InChI is InChI=1S/C21H14F6N2O4S/c22-16-8-9-17(20(24)19(16)23)28-18(30)11-33-14-4-6-15(7-5-14)34(31,32)29-13-3-1-2-12(10-13)21(25,26)27/h1-10,29H,11H2,(H,28,30). The van der Waals surface area contributed by atoms with Crippen LogP contribution in [0.3, 0.4) is 0 Å². The average Bonchev–Trinajstić information content (AvgIpc) is 2.78. The van der Waals surface area contributed by atoms with Gasteiger partial charge in [-0.1, -0.05) is 6.07 Å². The van der Waals surface area contributed by atoms with Crippen LogP contribution >= 0.6 is 0 Å². The molecule has 0 spiro atoms. The van der Waals surface area contributed by atoms with E-state index in [9.17, 15) is 39.6 Å². The van der Waals surface area contributed by atoms with Crippen molar-refractivity contribution in [3.8, 4) is 5.75 Å². The van der Waals surface area contributed by atoms with Crippen LogP contribution in [0.2, 0.25) is 0 Å². The molecule has 0 aliphatic rings. The smallest absolute Gasteiger partial charge is 0.416 e. The second kappa shape index (κ2) is 9.63. The van der Waals surface area contributed by atoms with Crippen molar-refractivity contribution in [2.45, 2.75) is 11.1 Å². The fourth-order valence-electron chi connectivity index (χ4n) is 2.65. The summed E-state index contributed by atoms with van der Waals surface area (Å²) in [6.45, 7) is -0.674. The van der Waals surface area contributed by atoms with Crippen LogP contribution in [0, 0.1) is 17.5 Å². The second-order valence-corrected chi connectivity index (χ2v) is 8.40. The molecule has 3 rings (SSSR count). The van der Waals surface area contributed by atoms with Crippen molar-refractivity contribution >= 4 is 27.3 Å². The number of hydrogen-bond donors (Lipinski definition) is 2. The summed E-state index contributed by atoms with van der Waals surface area (Å²) in [7, 11) is -4.24. The molecule has 0 aliphatic carbocycles. The minimum Gasteiger partial charge on any atom is -0.484 e. The van der Waals surface area contributed by atoms with Gasteiger partial charge in [0, 0.05) is 5.69 Å². The Morgan fingerprint density at radius 3 is 2.24 bits per heavy atom. The fraction of sp³-hybridized carbons (Fsp3) is 0.0952. The van der Waals surface area contributed by atoms with E-state index in [0.29, 0.717) is 12.1 Å². The van der Waals surface area contributed by atoms with Gasteiger partial charge < -0.3 is 10.1 Å². The van der Waals surface area contributed by atoms with Crippen molar-refractivity contribution in [1.82, 2.24) is 0 Å². The van der Waals surface area contributed by atoms with Crippen molar-refractivity contribution in [3.63, 3.8) is 0 Å². The highest BCUT2D eigenvalue weighted by molar-refractivity contribution is 7.92. The van der Waals surface area contributed by atoms with Gasteiger partial charge in [-0.15, -0.1) is 0 Å². The number of anilines is 2. The summed E-state index contributed by atoms with van der Waals surface area (Å²) in [4.78, 5) is 11.6. The van der Waals surface area contributed by atoms with Gasteiger partial charge in [-0.05, 0) is 54.6 Å². The van der Waals surface area contributed by atoms with Crippen LogP contribution in [0.1, 0.15) is 5.56 Å². The van der Waals surface area contributed by atoms with E-state index in [1.165, 1.54) is 12.1 Å². The SMILES string of the molecule is O=C(COc1ccc(S(=O)(=O)Nc2cccc(C(F)(F)F)c2)cc1)Nc1ccc(F)c(F)c1F. The van der Waals surface area contributed by atoms with Crippen molar-refractivity contribution in [1.29, 1.82) is 0 Å². The molecular weight excluding hydrogens is 490 g/mol. The molecule has 3 aromatic rings. The molecule has 2 N–H and O–H groups in total. The first-order valence-corrected chi connectivity index (χ1v) is 10.7. The first-order valence-electron chi connectivity index (χ1n) is 9.23. The van der Waals surface area contributed by atoms with Crippen molar-refractivity contribution < 1.29 is 44.3 Å². The third kappa shape index (κ3) is 5.98. The van der Waals surface area contributed by atoms with E-state index in [4.69, 9.17) is 4.74 Å². The Hall–Kier alpha value is -3.74. The lowest BCUT2D eigenvalue weighted by atomic mass is 10.2. The average molecular weight is 504 g/mol. The molecule has 0 fully saturated rings. The number of ether oxygens (including phenoxy) is 1. The Labute approximate surface area is 189 Å². The highest BCUT2D eigenvalue weighted by Crippen LogP contribution is 2.31. The Kier molecular flexibility index (Phi) is 7.05. The number of carbonyl (C=O) groups excluding carboxylic acids is 1. The summed E-state index contributed by atoms with van der Waals surface area (Å²) >= 11 is 0. The maximum Gasteiger partial charge on any atom is 0.416 e. The van der Waals surface area contributed by atoms with E-state index in [-0.39, 0.29) is 16.3 Å². The first-order chi connectivity index (χ1) is 15.9. The van der Waals surface area contributed by atoms with Crippen LogP contribution < -0.4 is 14.8 Å². The molecule has 0 aliphatic heterocycles. The lowest BCUT2D eigenvalue weighted by Crippen LogP contribution is -2.21. The van der Waals surface area contributed by atoms with Crippen LogP contribution in [0.25, 0.3) is 0 Å². The molecular formula is C21H14F6N2O4S. The lowest BCUT2D eigenvalue weighted by molar-refractivity contribution is -0.137. The van der Waals surface area contributed by atoms with Crippen LogP contribution in [0.4, 0.5) is 37.7 Å². The zero-order valence-electron chi connectivity index (χ0n) is 16.8. The molecule has 0 bridgehead atoms. The molecule has 0 heterocycles. The van der Waals surface area contributed by atoms with E-state index in [0.717, 1.165) is 36.4 Å². The molecule has 0 saturated carbocycles. The Bertz CT molecular complexity index is 1310. The van der Waals surface area contributed by atoms with E-state index in [2.05, 4.69) is 0 Å². The number of carbonyl (C=O) groups is 1. The minimum absolute atomic E-state index is 0.0268. The van der Waals surface area contributed by atoms with Crippen molar-refractivity contribution in [2.24, 2.45) is 0 Å². The molecule has 6 nitrogen and oxygen atoms in total. The molecule has 3 aromatic carbocycles. The number of sulfonamides is 1. The number of halogens is 6. The molecule has 180 valence electrons. The van der Waals surface area contributed by atoms with E-state index in [1.54, 1.807) is 0 Å². The minimum atomic E-state index is -4.65. The summed E-state index contributed by atoms with van der Waals surface area (Å²) < 4.78 is 110. The van der Waals surface area contributed by atoms with Gasteiger partial charge in [0.1, 0.15) is 5.75 Å². The topological polar surface area (TPSA) is 84.5 Å². The quantitative estimate of drug-likeness (QED) is 0.353. The Balaban J connectivity index is 1.62. The molecule has 34 heavy (non-hydrogen) atoms. The largest absolute Gasteiger partial charge is 0.484 e. The third-order valence-corrected chi connectivity index (χ3v) is 5.65. The summed E-state index contributed by atoms with van der Waals surface area (Å²) in [6.07, 6.45) is -4.65. The van der Waals surface area contributed by atoms with Crippen LogP contribution in [0.15, 0.2) is 65.6 Å². The molecule has 0 radical (unpaired) electrons. The van der Waals surface area contributed by atoms with Gasteiger partial charge in [0.15, 0.2) is 24.1 Å². The number of nitrogens with one attached hydrogen (secondary N) is 2. The summed E-state index contributed by atoms with van der Waals surface area (Å²) in [5, 5.41) is 1.99. The van der Waals surface area contributed by atoms with Crippen LogP contribution in [-0.4, -0.2) is 20.9 Å². The van der Waals surface area contributed by atoms with Crippen molar-refractivity contribution in [3.05, 3.63) is 83.7 Å². The Morgan fingerprint density at radius 1 is 0.912 bits per heavy atom. The molecule has 13 heteroatoms. The highest BCUT2D eigenvalue weighted by Gasteiger charge is 2.30. The van der Waals surface area contributed by atoms with Crippen LogP contribution in [0.5, 0.6) is 5.75 Å². The maximum absolute atomic E-state index is 13.6. The van der Waals surface area contributed by atoms with Gasteiger partial charge in [0.2, 0.25) is 0 Å². The molecule has 1 amide bonds. The Morgan fingerprint density at radius 2 is 1.59 bits per heavy atom. The summed E-state index contributed by atoms with van der Waals surface area (Å²) in [5.41, 5.74) is -1.93. The monoisotopic (exact) mass is 504 g/mol. The summed E-state index contributed by atoms with van der Waals surface area (Å²) in [6, 6.07) is 9.59. The zero-order valence-corrected chi connectivity index (χ0v) is 17.6. The molecule has 0 unspecified atom stereocenters. The number of rotatable bonds is 7. The normalized spacial score (nSPS) is 11.7. The van der Waals surface area contributed by atoms with Gasteiger partial charge >= 0.3 is 6.18 Å². The van der Waals surface area contributed by atoms with E-state index < -0.39 is 57.4 Å². The van der Waals surface area contributed by atoms with Gasteiger partial charge in [0.05, 0.1) is 16.1 Å². The molecule has 0 atom stereocenters. The highest BCUT2D eigenvalue weighted by atomic mass is 32.2.